The van der Waals surface area contributed by atoms with Gasteiger partial charge in [-0.25, -0.2) is 34.7 Å². The van der Waals surface area contributed by atoms with Crippen LogP contribution in [0.5, 0.6) is 0 Å². The molecule has 20 rings (SSSR count). The van der Waals surface area contributed by atoms with Gasteiger partial charge < -0.3 is 21.3 Å². The number of benzene rings is 11. The summed E-state index contributed by atoms with van der Waals surface area (Å²) in [7, 11) is 0. The highest BCUT2D eigenvalue weighted by Crippen LogP contribution is 2.55. The lowest BCUT2D eigenvalue weighted by atomic mass is 9.81. The first-order chi connectivity index (χ1) is 68.5. The minimum Gasteiger partial charge on any atom is -0.322 e. The van der Waals surface area contributed by atoms with Gasteiger partial charge in [0, 0.05) is 76.5 Å². The Labute approximate surface area is 825 Å². The van der Waals surface area contributed by atoms with Crippen molar-refractivity contribution in [3.8, 4) is 44.6 Å². The summed E-state index contributed by atoms with van der Waals surface area (Å²) in [6.45, 7) is 26.2. The Balaban J connectivity index is 0.000000132. The van der Waals surface area contributed by atoms with Crippen LogP contribution in [0, 0.1) is 41.5 Å². The molecule has 8 amide bonds. The summed E-state index contributed by atoms with van der Waals surface area (Å²) in [5, 5.41) is 24.4. The third-order valence-electron chi connectivity index (χ3n) is 25.9. The van der Waals surface area contributed by atoms with E-state index in [1.807, 2.05) is 184 Å². The maximum Gasteiger partial charge on any atom is 0.417 e. The summed E-state index contributed by atoms with van der Waals surface area (Å²) < 4.78 is 83.4. The molecule has 0 radical (unpaired) electrons. The number of H-pyrrole nitrogens is 2. The maximum atomic E-state index is 13.9. The van der Waals surface area contributed by atoms with Gasteiger partial charge in [0.1, 0.15) is 11.5 Å². The molecule has 0 atom stereocenters. The van der Waals surface area contributed by atoms with Crippen molar-refractivity contribution in [2.75, 3.05) is 40.9 Å². The number of nitrogens with zero attached hydrogens (tertiary/aromatic N) is 11. The molecule has 0 bridgehead atoms. The molecule has 16 aromatic rings. The molecule has 4 aliphatic rings. The first kappa shape index (κ1) is 98.1. The van der Waals surface area contributed by atoms with Gasteiger partial charge in [0.25, 0.3) is 23.6 Å². The minimum absolute atomic E-state index is 0.0874. The van der Waals surface area contributed by atoms with Crippen molar-refractivity contribution in [2.45, 2.75) is 131 Å². The number of hydrogen-bond donors (Lipinski definition) is 6. The number of aromatic amines is 2. The second-order valence-corrected chi connectivity index (χ2v) is 37.5. The fourth-order valence-corrected chi connectivity index (χ4v) is 18.5. The Hall–Kier alpha value is -17.5. The Morgan fingerprint density at radius 2 is 0.667 bits per heavy atom. The second-order valence-electron chi connectivity index (χ2n) is 37.5. The van der Waals surface area contributed by atoms with E-state index in [-0.39, 0.29) is 35.4 Å². The van der Waals surface area contributed by atoms with Gasteiger partial charge in [-0.1, -0.05) is 150 Å². The molecule has 9 heterocycles. The van der Waals surface area contributed by atoms with Gasteiger partial charge in [-0.2, -0.15) is 36.5 Å². The largest absolute Gasteiger partial charge is 0.417 e. The standard InChI is InChI=1S/C29H26N4O2.2C28H23F3N4O2.C28H25N5O2/c1-18-9-13-21(14-10-18)32-26(34)23-17-20(12-11-19(23)2)22-7-5-8-24-25(22)29(3,4)27(35)33(24)28-30-15-6-16-31-28;1-16-7-10-18(11-8-16)34-25(36)21-13-17(9-12-22(21)28(29,30)31)20-5-4-6-23-24(20)27(2,3)26(37)35(23)19-14-32-33-15-19;1-16-7-10-18(11-8-16)33-25(36)20-15-17(9-12-21(20)28(29,30)31)19-5-4-6-22-24(19)27(2,3)26(37)35(22)23-13-14-32-34-23;1-17-9-12-19(13-10-17)31-25(34)24-18(2)11-14-21(32-24)20-7-5-8-22-23(20)28(3,4)26(35)33(22)27-29-15-6-16-30-27/h5-17H,1-4H3,(H,32,34);4-15H,1-3H3,(H,32,33)(H,34,36);4-15H,1-3H3,(H,32,34)(H,33,36);5-16H,1-4H3,(H,31,34). The molecule has 144 heavy (non-hydrogen) atoms. The number of alkyl halides is 6. The normalized spacial score (nSPS) is 14.3. The number of carbonyl (C=O) groups is 8. The monoisotopic (exact) mass is 1930 g/mol. The van der Waals surface area contributed by atoms with Crippen LogP contribution in [0.1, 0.15) is 164 Å². The Bertz CT molecular complexity index is 7280. The zero-order valence-electron chi connectivity index (χ0n) is 80.7. The van der Waals surface area contributed by atoms with Crippen LogP contribution in [0.2, 0.25) is 0 Å². The van der Waals surface area contributed by atoms with Gasteiger partial charge in [-0.3, -0.25) is 58.4 Å². The van der Waals surface area contributed by atoms with Crippen molar-refractivity contribution in [3.05, 3.63) is 387 Å². The highest BCUT2D eigenvalue weighted by Gasteiger charge is 2.52. The molecule has 0 spiro atoms. The summed E-state index contributed by atoms with van der Waals surface area (Å²) in [6, 6.07) is 72.7. The molecule has 11 aromatic carbocycles. The zero-order chi connectivity index (χ0) is 103. The van der Waals surface area contributed by atoms with Crippen molar-refractivity contribution in [3.63, 3.8) is 0 Å². The molecular weight excluding hydrogens is 1840 g/mol. The van der Waals surface area contributed by atoms with Crippen LogP contribution in [0.15, 0.2) is 298 Å². The van der Waals surface area contributed by atoms with Crippen molar-refractivity contribution < 1.29 is 64.7 Å². The minimum atomic E-state index is -4.73. The Morgan fingerprint density at radius 1 is 0.333 bits per heavy atom. The third-order valence-corrected chi connectivity index (χ3v) is 25.9. The number of amides is 8. The van der Waals surface area contributed by atoms with Crippen molar-refractivity contribution in [2.24, 2.45) is 0 Å². The number of halogens is 6. The van der Waals surface area contributed by atoms with Crippen LogP contribution < -0.4 is 40.9 Å². The number of nitrogens with one attached hydrogen (secondary N) is 6. The van der Waals surface area contributed by atoms with E-state index < -0.39 is 68.1 Å². The second kappa shape index (κ2) is 38.6. The van der Waals surface area contributed by atoms with Crippen molar-refractivity contribution in [1.82, 2.24) is 45.3 Å². The van der Waals surface area contributed by atoms with Crippen LogP contribution in [0.25, 0.3) is 44.6 Å². The smallest absolute Gasteiger partial charge is 0.322 e. The lowest BCUT2D eigenvalue weighted by Gasteiger charge is -2.21. The Morgan fingerprint density at radius 3 is 1.04 bits per heavy atom. The average molecular weight is 1940 g/mol. The lowest BCUT2D eigenvalue weighted by molar-refractivity contribution is -0.138. The van der Waals surface area contributed by atoms with E-state index in [4.69, 9.17) is 4.98 Å². The number of pyridine rings is 1. The van der Waals surface area contributed by atoms with E-state index in [1.54, 1.807) is 172 Å². The van der Waals surface area contributed by atoms with Gasteiger partial charge in [-0.15, -0.1) is 0 Å². The summed E-state index contributed by atoms with van der Waals surface area (Å²) in [5.41, 5.74) is 13.7. The molecule has 25 nitrogen and oxygen atoms in total. The van der Waals surface area contributed by atoms with E-state index >= 15 is 0 Å². The topological polar surface area (TPSA) is 319 Å². The number of rotatable bonds is 16. The number of carbonyl (C=O) groups excluding carboxylic acids is 8. The van der Waals surface area contributed by atoms with Gasteiger partial charge in [0.2, 0.25) is 35.5 Å². The number of fused-ring (bicyclic) bond motifs is 4. The van der Waals surface area contributed by atoms with Gasteiger partial charge in [-0.05, 0) is 279 Å². The highest BCUT2D eigenvalue weighted by molar-refractivity contribution is 6.18. The quantitative estimate of drug-likeness (QED) is 0.0490. The van der Waals surface area contributed by atoms with Gasteiger partial charge >= 0.3 is 12.4 Å². The van der Waals surface area contributed by atoms with Crippen LogP contribution in [-0.4, -0.2) is 92.6 Å². The van der Waals surface area contributed by atoms with Crippen LogP contribution in [-0.2, 0) is 53.2 Å². The molecule has 31 heteroatoms. The molecule has 0 aliphatic carbocycles. The lowest BCUT2D eigenvalue weighted by Crippen LogP contribution is -2.34. The third kappa shape index (κ3) is 19.0. The molecule has 724 valence electrons. The van der Waals surface area contributed by atoms with Gasteiger partial charge in [0.05, 0.1) is 90.4 Å². The maximum absolute atomic E-state index is 13.9. The van der Waals surface area contributed by atoms with Crippen molar-refractivity contribution in [1.29, 1.82) is 0 Å². The summed E-state index contributed by atoms with van der Waals surface area (Å²) in [5.74, 6) is -1.64. The molecule has 6 N–H and O–H groups in total. The first-order valence-corrected chi connectivity index (χ1v) is 46.0. The molecule has 0 saturated carbocycles. The zero-order valence-corrected chi connectivity index (χ0v) is 80.7. The van der Waals surface area contributed by atoms with Crippen molar-refractivity contribution >= 4 is 116 Å². The van der Waals surface area contributed by atoms with Crippen LogP contribution >= 0.6 is 0 Å². The number of aryl methyl sites for hydroxylation is 6. The van der Waals surface area contributed by atoms with E-state index in [2.05, 4.69) is 61.6 Å². The summed E-state index contributed by atoms with van der Waals surface area (Å²) in [6.07, 6.45) is 1.69. The molecule has 0 saturated heterocycles. The van der Waals surface area contributed by atoms with E-state index in [0.717, 1.165) is 90.4 Å². The number of aromatic nitrogens is 9. The fourth-order valence-electron chi connectivity index (χ4n) is 18.5. The predicted octanol–water partition coefficient (Wildman–Crippen LogP) is 24.6. The summed E-state index contributed by atoms with van der Waals surface area (Å²) >= 11 is 0. The molecule has 0 unspecified atom stereocenters. The predicted molar refractivity (Wildman–Crippen MR) is 543 cm³/mol. The Kier molecular flexibility index (Phi) is 26.3. The van der Waals surface area contributed by atoms with E-state index in [0.29, 0.717) is 102 Å². The fraction of sp³-hybridized carbons (Fsp3) is 0.177. The molecule has 5 aromatic heterocycles. The highest BCUT2D eigenvalue weighted by atomic mass is 19.4. The average Bonchev–Trinajstić information content (AvgIpc) is 1.58. The number of hydrogen-bond acceptors (Lipinski definition) is 15. The van der Waals surface area contributed by atoms with Gasteiger partial charge in [0.15, 0.2) is 0 Å². The SMILES string of the molecule is Cc1ccc(NC(=O)c2cc(-c3cccc4c3C(C)(C)C(=O)N4c3ccn[nH]3)ccc2C(F)(F)F)cc1.Cc1ccc(NC(=O)c2cc(-c3cccc4c3C(C)(C)C(=O)N4c3cn[nH]c3)ccc2C(F)(F)F)cc1.Cc1ccc(NC(=O)c2cc(-c3cccc4c3C(C)(C)C(=O)N4c3ncccn3)ccc2C)cc1.Cc1ccc(NC(=O)c2nc(-c3cccc4c3C(C)(C)C(=O)N4c3ncccn3)ccc2C)cc1. The van der Waals surface area contributed by atoms with Crippen LogP contribution in [0.3, 0.4) is 0 Å². The molecular formula is C113H97F6N17O8. The molecule has 4 aliphatic heterocycles. The first-order valence-electron chi connectivity index (χ1n) is 46.0. The molecule has 0 fully saturated rings. The van der Waals surface area contributed by atoms with E-state index in [9.17, 15) is 64.7 Å². The van der Waals surface area contributed by atoms with Crippen LogP contribution in [0.4, 0.5) is 95.2 Å². The number of anilines is 12. The summed E-state index contributed by atoms with van der Waals surface area (Å²) in [4.78, 5) is 134. The van der Waals surface area contributed by atoms with E-state index in [1.165, 1.54) is 46.5 Å².